The maximum absolute atomic E-state index is 2.44. The summed E-state index contributed by atoms with van der Waals surface area (Å²) in [6.07, 6.45) is 4.88. The van der Waals surface area contributed by atoms with Crippen LogP contribution in [0.15, 0.2) is 35.4 Å². The van der Waals surface area contributed by atoms with Gasteiger partial charge in [-0.15, -0.1) is 0 Å². The first-order chi connectivity index (χ1) is 12.9. The molecule has 0 amide bonds. The van der Waals surface area contributed by atoms with E-state index in [1.54, 1.807) is 22.3 Å². The molecular weight excluding hydrogens is 340 g/mol. The lowest BCUT2D eigenvalue weighted by Crippen LogP contribution is -2.08. The van der Waals surface area contributed by atoms with Gasteiger partial charge in [-0.1, -0.05) is 59.7 Å². The first-order valence-corrected chi connectivity index (χ1v) is 11.6. The van der Waals surface area contributed by atoms with Gasteiger partial charge in [-0.05, 0) is 86.1 Å². The van der Waals surface area contributed by atoms with Crippen molar-refractivity contribution in [2.75, 3.05) is 0 Å². The normalized spacial score (nSPS) is 20.4. The minimum absolute atomic E-state index is 0.627. The zero-order chi connectivity index (χ0) is 19.3. The van der Waals surface area contributed by atoms with E-state index >= 15 is 0 Å². The van der Waals surface area contributed by atoms with Crippen LogP contribution < -0.4 is 0 Å². The predicted octanol–water partition coefficient (Wildman–Crippen LogP) is 7.16. The van der Waals surface area contributed by atoms with Crippen LogP contribution in [0, 0.1) is 27.7 Å². The van der Waals surface area contributed by atoms with Crippen LogP contribution in [-0.2, 0) is 0 Å². The molecule has 138 valence electrons. The third-order valence-electron chi connectivity index (χ3n) is 6.68. The van der Waals surface area contributed by atoms with Crippen molar-refractivity contribution in [3.63, 3.8) is 0 Å². The monoisotopic (exact) mass is 370 g/mol. The summed E-state index contributed by atoms with van der Waals surface area (Å²) in [5.74, 6) is 1.25. The summed E-state index contributed by atoms with van der Waals surface area (Å²) in [6, 6.07) is 11.8. The van der Waals surface area contributed by atoms with E-state index in [9.17, 15) is 0 Å². The summed E-state index contributed by atoms with van der Waals surface area (Å²) in [5.41, 5.74) is 15.1. The SMILES string of the molecule is CC1=Cc2c(C)ccc(C)c2C1C[Si]CC1C(C)=Cc2c(C)ccc(C)c21. The molecule has 0 fully saturated rings. The Hall–Kier alpha value is -1.86. The third kappa shape index (κ3) is 3.06. The zero-order valence-corrected chi connectivity index (χ0v) is 18.5. The minimum Gasteiger partial charge on any atom is -0.0655 e. The Labute approximate surface area is 167 Å². The van der Waals surface area contributed by atoms with Crippen molar-refractivity contribution < 1.29 is 0 Å². The van der Waals surface area contributed by atoms with Gasteiger partial charge in [0.2, 0.25) is 0 Å². The average molecular weight is 371 g/mol. The number of hydrogen-bond donors (Lipinski definition) is 0. The quantitative estimate of drug-likeness (QED) is 0.501. The standard InChI is InChI=1S/C26H30Si/c1-15-7-9-17(3)25-21(15)11-19(5)23(25)13-27-14-24-20(6)12-22-16(2)8-10-18(4)26(22)24/h7-12,23-24H,13-14H2,1-6H3. The summed E-state index contributed by atoms with van der Waals surface area (Å²) in [6.45, 7) is 13.7. The summed E-state index contributed by atoms with van der Waals surface area (Å²) < 4.78 is 0. The fraction of sp³-hybridized carbons (Fsp3) is 0.385. The van der Waals surface area contributed by atoms with Gasteiger partial charge in [0.1, 0.15) is 0 Å². The molecule has 2 aliphatic carbocycles. The largest absolute Gasteiger partial charge is 0.0655 e. The minimum atomic E-state index is 0.627. The molecule has 0 N–H and O–H groups in total. The van der Waals surface area contributed by atoms with Gasteiger partial charge in [0.25, 0.3) is 0 Å². The first-order valence-electron chi connectivity index (χ1n) is 10.2. The van der Waals surface area contributed by atoms with Gasteiger partial charge in [0, 0.05) is 21.4 Å². The van der Waals surface area contributed by atoms with E-state index in [4.69, 9.17) is 0 Å². The fourth-order valence-electron chi connectivity index (χ4n) is 5.03. The van der Waals surface area contributed by atoms with Crippen LogP contribution in [-0.4, -0.2) is 9.52 Å². The molecule has 27 heavy (non-hydrogen) atoms. The van der Waals surface area contributed by atoms with Gasteiger partial charge in [0.05, 0.1) is 0 Å². The van der Waals surface area contributed by atoms with Crippen LogP contribution >= 0.6 is 0 Å². The van der Waals surface area contributed by atoms with Crippen molar-refractivity contribution in [1.82, 2.24) is 0 Å². The predicted molar refractivity (Wildman–Crippen MR) is 120 cm³/mol. The maximum atomic E-state index is 2.44. The Morgan fingerprint density at radius 1 is 0.593 bits per heavy atom. The molecule has 0 saturated heterocycles. The molecule has 0 saturated carbocycles. The summed E-state index contributed by atoms with van der Waals surface area (Å²) in [4.78, 5) is 0. The third-order valence-corrected chi connectivity index (χ3v) is 8.08. The second-order valence-corrected chi connectivity index (χ2v) is 9.91. The summed E-state index contributed by atoms with van der Waals surface area (Å²) in [5, 5.41) is 0. The molecule has 0 bridgehead atoms. The van der Waals surface area contributed by atoms with E-state index in [-0.39, 0.29) is 0 Å². The number of rotatable bonds is 4. The number of fused-ring (bicyclic) bond motifs is 2. The molecule has 2 aromatic carbocycles. The van der Waals surface area contributed by atoms with Crippen LogP contribution in [0.2, 0.25) is 12.1 Å². The van der Waals surface area contributed by atoms with E-state index in [1.807, 2.05) is 0 Å². The van der Waals surface area contributed by atoms with Crippen LogP contribution in [0.4, 0.5) is 0 Å². The zero-order valence-electron chi connectivity index (χ0n) is 17.5. The van der Waals surface area contributed by atoms with E-state index in [1.165, 1.54) is 45.5 Å². The van der Waals surface area contributed by atoms with E-state index in [0.29, 0.717) is 11.8 Å². The second kappa shape index (κ2) is 6.94. The average Bonchev–Trinajstić information content (AvgIpc) is 3.14. The number of allylic oxidation sites excluding steroid dienone is 2. The highest BCUT2D eigenvalue weighted by Gasteiger charge is 2.28. The molecule has 2 atom stereocenters. The molecule has 0 aliphatic heterocycles. The van der Waals surface area contributed by atoms with Crippen molar-refractivity contribution in [2.45, 2.75) is 65.5 Å². The Morgan fingerprint density at radius 2 is 0.963 bits per heavy atom. The molecule has 0 aromatic heterocycles. The molecule has 0 heterocycles. The van der Waals surface area contributed by atoms with Crippen LogP contribution in [0.1, 0.15) is 70.2 Å². The van der Waals surface area contributed by atoms with Crippen LogP contribution in [0.5, 0.6) is 0 Å². The molecule has 2 aromatic rings. The Bertz CT molecular complexity index is 895. The maximum Gasteiger partial charge on any atom is 0.0397 e. The lowest BCUT2D eigenvalue weighted by Gasteiger charge is -2.20. The number of aryl methyl sites for hydroxylation is 4. The second-order valence-electron chi connectivity index (χ2n) is 8.59. The van der Waals surface area contributed by atoms with Gasteiger partial charge in [0.15, 0.2) is 0 Å². The molecule has 2 radical (unpaired) electrons. The smallest absolute Gasteiger partial charge is 0.0397 e. The first kappa shape index (κ1) is 18.5. The van der Waals surface area contributed by atoms with Crippen LogP contribution in [0.3, 0.4) is 0 Å². The van der Waals surface area contributed by atoms with Gasteiger partial charge in [-0.2, -0.15) is 0 Å². The number of benzene rings is 2. The van der Waals surface area contributed by atoms with Gasteiger partial charge < -0.3 is 0 Å². The highest BCUT2D eigenvalue weighted by molar-refractivity contribution is 6.36. The van der Waals surface area contributed by atoms with E-state index in [2.05, 4.69) is 78.0 Å². The molecule has 2 unspecified atom stereocenters. The van der Waals surface area contributed by atoms with Crippen LogP contribution in [0.25, 0.3) is 12.2 Å². The molecule has 1 heteroatoms. The topological polar surface area (TPSA) is 0 Å². The summed E-state index contributed by atoms with van der Waals surface area (Å²) >= 11 is 0. The lowest BCUT2D eigenvalue weighted by molar-refractivity contribution is 0.865. The van der Waals surface area contributed by atoms with Crippen molar-refractivity contribution in [3.05, 3.63) is 79.9 Å². The molecule has 2 aliphatic rings. The molecule has 0 spiro atoms. The number of hydrogen-bond acceptors (Lipinski definition) is 0. The van der Waals surface area contributed by atoms with Gasteiger partial charge in [-0.25, -0.2) is 0 Å². The Kier molecular flexibility index (Phi) is 4.76. The molecule has 4 rings (SSSR count). The molecular formula is C26H30Si. The fourth-order valence-corrected chi connectivity index (χ4v) is 6.82. The highest BCUT2D eigenvalue weighted by Crippen LogP contribution is 2.44. The highest BCUT2D eigenvalue weighted by atomic mass is 28.2. The Balaban J connectivity index is 1.52. The van der Waals surface area contributed by atoms with Crippen molar-refractivity contribution in [3.8, 4) is 0 Å². The Morgan fingerprint density at radius 3 is 1.37 bits per heavy atom. The van der Waals surface area contributed by atoms with Gasteiger partial charge in [-0.3, -0.25) is 0 Å². The summed E-state index contributed by atoms with van der Waals surface area (Å²) in [7, 11) is 1.00. The van der Waals surface area contributed by atoms with E-state index in [0.717, 1.165) is 9.52 Å². The lowest BCUT2D eigenvalue weighted by atomic mass is 9.92. The van der Waals surface area contributed by atoms with Gasteiger partial charge >= 0.3 is 0 Å². The molecule has 0 nitrogen and oxygen atoms in total. The van der Waals surface area contributed by atoms with Crippen molar-refractivity contribution >= 4 is 21.7 Å². The van der Waals surface area contributed by atoms with Crippen molar-refractivity contribution in [2.24, 2.45) is 0 Å². The van der Waals surface area contributed by atoms with Crippen molar-refractivity contribution in [1.29, 1.82) is 0 Å². The van der Waals surface area contributed by atoms with E-state index < -0.39 is 0 Å².